The molecule has 21 heavy (non-hydrogen) atoms. The van der Waals surface area contributed by atoms with Gasteiger partial charge in [0.1, 0.15) is 0 Å². The van der Waals surface area contributed by atoms with Crippen molar-refractivity contribution in [3.63, 3.8) is 0 Å². The smallest absolute Gasteiger partial charge is 0.323 e. The predicted octanol–water partition coefficient (Wildman–Crippen LogP) is 3.28. The molecule has 0 atom stereocenters. The van der Waals surface area contributed by atoms with Gasteiger partial charge in [0.25, 0.3) is 0 Å². The highest BCUT2D eigenvalue weighted by Gasteiger charge is 2.11. The van der Waals surface area contributed by atoms with Gasteiger partial charge in [0.2, 0.25) is 0 Å². The van der Waals surface area contributed by atoms with E-state index in [0.717, 1.165) is 29.8 Å². The normalized spacial score (nSPS) is 12.8. The van der Waals surface area contributed by atoms with E-state index in [1.165, 1.54) is 17.5 Å². The standard InChI is InChI=1S/C17H19N3O/c18-11-12-4-7-15(8-5-12)19-17(21)20-16-9-6-13-2-1-3-14(13)10-16/h4-10H,1-3,11,18H2,(H2,19,20,21). The number of hydrogen-bond donors (Lipinski definition) is 3. The number of fused-ring (bicyclic) bond motifs is 1. The lowest BCUT2D eigenvalue weighted by Gasteiger charge is -2.09. The molecule has 4 nitrogen and oxygen atoms in total. The van der Waals surface area contributed by atoms with Gasteiger partial charge in [-0.2, -0.15) is 0 Å². The molecule has 0 bridgehead atoms. The molecule has 0 heterocycles. The Balaban J connectivity index is 1.63. The molecule has 2 aromatic rings. The van der Waals surface area contributed by atoms with Gasteiger partial charge in [-0.1, -0.05) is 18.2 Å². The van der Waals surface area contributed by atoms with Crippen molar-refractivity contribution in [2.75, 3.05) is 10.6 Å². The number of carbonyl (C=O) groups is 1. The molecule has 0 unspecified atom stereocenters. The van der Waals surface area contributed by atoms with Crippen molar-refractivity contribution >= 4 is 17.4 Å². The van der Waals surface area contributed by atoms with Crippen molar-refractivity contribution in [2.24, 2.45) is 5.73 Å². The summed E-state index contributed by atoms with van der Waals surface area (Å²) >= 11 is 0. The number of carbonyl (C=O) groups excluding carboxylic acids is 1. The molecule has 108 valence electrons. The maximum absolute atomic E-state index is 12.0. The number of rotatable bonds is 3. The van der Waals surface area contributed by atoms with Crippen LogP contribution in [0.2, 0.25) is 0 Å². The molecule has 0 fully saturated rings. The van der Waals surface area contributed by atoms with Gasteiger partial charge in [0.05, 0.1) is 0 Å². The molecule has 0 saturated carbocycles. The summed E-state index contributed by atoms with van der Waals surface area (Å²) in [7, 11) is 0. The Morgan fingerprint density at radius 3 is 2.38 bits per heavy atom. The number of urea groups is 1. The van der Waals surface area contributed by atoms with Gasteiger partial charge >= 0.3 is 6.03 Å². The van der Waals surface area contributed by atoms with Crippen LogP contribution in [0.4, 0.5) is 16.2 Å². The third-order valence-electron chi connectivity index (χ3n) is 3.80. The van der Waals surface area contributed by atoms with Gasteiger partial charge in [-0.15, -0.1) is 0 Å². The lowest BCUT2D eigenvalue weighted by Crippen LogP contribution is -2.19. The largest absolute Gasteiger partial charge is 0.326 e. The first-order chi connectivity index (χ1) is 10.2. The third kappa shape index (κ3) is 3.23. The van der Waals surface area contributed by atoms with E-state index < -0.39 is 0 Å². The molecule has 4 heteroatoms. The highest BCUT2D eigenvalue weighted by molar-refractivity contribution is 5.99. The number of benzene rings is 2. The molecule has 3 rings (SSSR count). The highest BCUT2D eigenvalue weighted by atomic mass is 16.2. The fourth-order valence-corrected chi connectivity index (χ4v) is 2.67. The number of amides is 2. The van der Waals surface area contributed by atoms with Crippen molar-refractivity contribution in [3.8, 4) is 0 Å². The Bertz CT molecular complexity index is 650. The van der Waals surface area contributed by atoms with Crippen LogP contribution in [-0.4, -0.2) is 6.03 Å². The fraction of sp³-hybridized carbons (Fsp3) is 0.235. The van der Waals surface area contributed by atoms with Gasteiger partial charge in [-0.3, -0.25) is 0 Å². The molecule has 2 amide bonds. The van der Waals surface area contributed by atoms with Crippen molar-refractivity contribution in [3.05, 3.63) is 59.2 Å². The van der Waals surface area contributed by atoms with E-state index >= 15 is 0 Å². The first-order valence-corrected chi connectivity index (χ1v) is 7.23. The molecule has 0 saturated heterocycles. The lowest BCUT2D eigenvalue weighted by atomic mass is 10.1. The summed E-state index contributed by atoms with van der Waals surface area (Å²) in [6.07, 6.45) is 3.46. The maximum atomic E-state index is 12.0. The zero-order valence-electron chi connectivity index (χ0n) is 11.9. The van der Waals surface area contributed by atoms with E-state index in [2.05, 4.69) is 22.8 Å². The molecule has 0 spiro atoms. The summed E-state index contributed by atoms with van der Waals surface area (Å²) in [5.41, 5.74) is 10.9. The zero-order chi connectivity index (χ0) is 14.7. The van der Waals surface area contributed by atoms with Crippen molar-refractivity contribution < 1.29 is 4.79 Å². The lowest BCUT2D eigenvalue weighted by molar-refractivity contribution is 0.262. The van der Waals surface area contributed by atoms with E-state index in [4.69, 9.17) is 5.73 Å². The Hall–Kier alpha value is -2.33. The number of nitrogens with one attached hydrogen (secondary N) is 2. The van der Waals surface area contributed by atoms with E-state index in [9.17, 15) is 4.79 Å². The van der Waals surface area contributed by atoms with Crippen LogP contribution in [0.1, 0.15) is 23.1 Å². The molecule has 1 aliphatic rings. The topological polar surface area (TPSA) is 67.1 Å². The maximum Gasteiger partial charge on any atom is 0.323 e. The Labute approximate surface area is 124 Å². The van der Waals surface area contributed by atoms with Gasteiger partial charge in [-0.25, -0.2) is 4.79 Å². The molecule has 4 N–H and O–H groups in total. The molecule has 0 aliphatic heterocycles. The van der Waals surface area contributed by atoms with Crippen molar-refractivity contribution in [1.29, 1.82) is 0 Å². The molecular weight excluding hydrogens is 262 g/mol. The van der Waals surface area contributed by atoms with E-state index in [1.807, 2.05) is 30.3 Å². The van der Waals surface area contributed by atoms with Gasteiger partial charge in [-0.05, 0) is 60.2 Å². The number of anilines is 2. The summed E-state index contributed by atoms with van der Waals surface area (Å²) in [6.45, 7) is 0.502. The number of hydrogen-bond acceptors (Lipinski definition) is 2. The van der Waals surface area contributed by atoms with E-state index in [0.29, 0.717) is 6.54 Å². The van der Waals surface area contributed by atoms with Crippen molar-refractivity contribution in [1.82, 2.24) is 0 Å². The first-order valence-electron chi connectivity index (χ1n) is 7.23. The minimum absolute atomic E-state index is 0.228. The monoisotopic (exact) mass is 281 g/mol. The minimum Gasteiger partial charge on any atom is -0.326 e. The summed E-state index contributed by atoms with van der Waals surface area (Å²) in [5.74, 6) is 0. The quantitative estimate of drug-likeness (QED) is 0.808. The fourth-order valence-electron chi connectivity index (χ4n) is 2.67. The van der Waals surface area contributed by atoms with Gasteiger partial charge in [0, 0.05) is 17.9 Å². The highest BCUT2D eigenvalue weighted by Crippen LogP contribution is 2.25. The number of aryl methyl sites for hydroxylation is 2. The van der Waals surface area contributed by atoms with Crippen LogP contribution in [0.3, 0.4) is 0 Å². The average molecular weight is 281 g/mol. The zero-order valence-corrected chi connectivity index (χ0v) is 11.9. The van der Waals surface area contributed by atoms with Crippen LogP contribution >= 0.6 is 0 Å². The molecule has 1 aliphatic carbocycles. The molecule has 0 aromatic heterocycles. The molecular formula is C17H19N3O. The molecule has 0 radical (unpaired) electrons. The number of nitrogens with two attached hydrogens (primary N) is 1. The molecule has 2 aromatic carbocycles. The Kier molecular flexibility index (Phi) is 3.88. The predicted molar refractivity (Wildman–Crippen MR) is 85.4 cm³/mol. The average Bonchev–Trinajstić information content (AvgIpc) is 2.95. The Morgan fingerprint density at radius 1 is 0.952 bits per heavy atom. The van der Waals surface area contributed by atoms with E-state index in [1.54, 1.807) is 0 Å². The Morgan fingerprint density at radius 2 is 1.62 bits per heavy atom. The van der Waals surface area contributed by atoms with Gasteiger partial charge < -0.3 is 16.4 Å². The summed E-state index contributed by atoms with van der Waals surface area (Å²) < 4.78 is 0. The first kappa shape index (κ1) is 13.6. The van der Waals surface area contributed by atoms with Crippen LogP contribution in [0, 0.1) is 0 Å². The summed E-state index contributed by atoms with van der Waals surface area (Å²) in [6, 6.07) is 13.4. The summed E-state index contributed by atoms with van der Waals surface area (Å²) in [4.78, 5) is 12.0. The second-order valence-corrected chi connectivity index (χ2v) is 5.32. The van der Waals surface area contributed by atoms with Crippen LogP contribution < -0.4 is 16.4 Å². The second kappa shape index (κ2) is 5.97. The van der Waals surface area contributed by atoms with Crippen LogP contribution in [-0.2, 0) is 19.4 Å². The SMILES string of the molecule is NCc1ccc(NC(=O)Nc2ccc3c(c2)CCC3)cc1. The minimum atomic E-state index is -0.228. The van der Waals surface area contributed by atoms with Crippen LogP contribution in [0.25, 0.3) is 0 Å². The summed E-state index contributed by atoms with van der Waals surface area (Å²) in [5, 5.41) is 5.69. The van der Waals surface area contributed by atoms with Crippen LogP contribution in [0.15, 0.2) is 42.5 Å². The van der Waals surface area contributed by atoms with Crippen LogP contribution in [0.5, 0.6) is 0 Å². The third-order valence-corrected chi connectivity index (χ3v) is 3.80. The second-order valence-electron chi connectivity index (χ2n) is 5.32. The van der Waals surface area contributed by atoms with Crippen molar-refractivity contribution in [2.45, 2.75) is 25.8 Å². The van der Waals surface area contributed by atoms with Gasteiger partial charge in [0.15, 0.2) is 0 Å². The van der Waals surface area contributed by atoms with E-state index in [-0.39, 0.29) is 6.03 Å².